The zero-order valence-corrected chi connectivity index (χ0v) is 10.9. The van der Waals surface area contributed by atoms with Crippen LogP contribution in [0.1, 0.15) is 12.5 Å². The van der Waals surface area contributed by atoms with Gasteiger partial charge in [-0.3, -0.25) is 10.1 Å². The Morgan fingerprint density at radius 3 is 3.06 bits per heavy atom. The van der Waals surface area contributed by atoms with E-state index in [1.54, 1.807) is 11.8 Å². The summed E-state index contributed by atoms with van der Waals surface area (Å²) in [5.41, 5.74) is 1.07. The third kappa shape index (κ3) is 1.61. The van der Waals surface area contributed by atoms with E-state index in [-0.39, 0.29) is 10.8 Å². The van der Waals surface area contributed by atoms with Crippen LogP contribution in [-0.2, 0) is 9.67 Å². The number of carboxylic acids is 1. The third-order valence-corrected chi connectivity index (χ3v) is 5.33. The summed E-state index contributed by atoms with van der Waals surface area (Å²) in [5.74, 6) is 0.910. The van der Waals surface area contributed by atoms with Crippen molar-refractivity contribution in [3.05, 3.63) is 29.8 Å². The topological polar surface area (TPSA) is 58.6 Å². The van der Waals surface area contributed by atoms with Gasteiger partial charge in [0.2, 0.25) is 0 Å². The maximum absolute atomic E-state index is 11.1. The predicted molar refractivity (Wildman–Crippen MR) is 69.8 cm³/mol. The first-order valence-corrected chi connectivity index (χ1v) is 6.99. The fourth-order valence-electron chi connectivity index (χ4n) is 2.63. The summed E-state index contributed by atoms with van der Waals surface area (Å²) in [6, 6.07) is 7.40. The van der Waals surface area contributed by atoms with Crippen LogP contribution in [0.5, 0.6) is 5.75 Å². The van der Waals surface area contributed by atoms with Gasteiger partial charge in [-0.05, 0) is 6.07 Å². The van der Waals surface area contributed by atoms with Gasteiger partial charge < -0.3 is 9.84 Å². The quantitative estimate of drug-likeness (QED) is 0.808. The zero-order chi connectivity index (χ0) is 12.8. The van der Waals surface area contributed by atoms with Crippen LogP contribution in [0.2, 0.25) is 0 Å². The molecule has 1 fully saturated rings. The Morgan fingerprint density at radius 1 is 1.56 bits per heavy atom. The number of hydrogen-bond donors (Lipinski definition) is 2. The van der Waals surface area contributed by atoms with Gasteiger partial charge >= 0.3 is 5.97 Å². The number of carboxylic acid groups (broad SMARTS) is 1. The van der Waals surface area contributed by atoms with Crippen molar-refractivity contribution >= 4 is 17.7 Å². The van der Waals surface area contributed by atoms with Gasteiger partial charge in [-0.15, -0.1) is 11.8 Å². The number of nitrogens with one attached hydrogen (secondary N) is 1. The Hall–Kier alpha value is -1.20. The average molecular weight is 265 g/mol. The van der Waals surface area contributed by atoms with Crippen LogP contribution in [-0.4, -0.2) is 29.5 Å². The van der Waals surface area contributed by atoms with Crippen molar-refractivity contribution in [1.29, 1.82) is 0 Å². The fraction of sp³-hybridized carbons (Fsp3) is 0.462. The smallest absolute Gasteiger partial charge is 0.321 e. The van der Waals surface area contributed by atoms with Crippen molar-refractivity contribution in [3.8, 4) is 5.75 Å². The van der Waals surface area contributed by atoms with Crippen LogP contribution in [0, 0.1) is 5.92 Å². The standard InChI is InChI=1S/C13H15NO3S/c1-8-6-17-11-5-3-2-4-9(11)13(8)14-10(7-18-13)12(15)16/h2-5,8,10,14H,6-7H2,1H3,(H,15,16)/t8?,10-,13?/m0/s1. The van der Waals surface area contributed by atoms with E-state index >= 15 is 0 Å². The molecule has 1 aromatic carbocycles. The second-order valence-corrected chi connectivity index (χ2v) is 6.06. The third-order valence-electron chi connectivity index (χ3n) is 3.63. The number of thioether (sulfide) groups is 1. The van der Waals surface area contributed by atoms with Crippen LogP contribution < -0.4 is 10.1 Å². The molecule has 0 radical (unpaired) electrons. The predicted octanol–water partition coefficient (Wildman–Crippen LogP) is 1.66. The summed E-state index contributed by atoms with van der Waals surface area (Å²) in [5, 5.41) is 12.4. The lowest BCUT2D eigenvalue weighted by molar-refractivity contribution is -0.139. The number of benzene rings is 1. The number of ether oxygens (including phenoxy) is 1. The number of para-hydroxylation sites is 1. The molecule has 0 aromatic heterocycles. The average Bonchev–Trinajstić information content (AvgIpc) is 2.81. The molecule has 2 aliphatic rings. The van der Waals surface area contributed by atoms with Crippen LogP contribution in [0.25, 0.3) is 0 Å². The normalized spacial score (nSPS) is 34.1. The van der Waals surface area contributed by atoms with E-state index < -0.39 is 12.0 Å². The highest BCUT2D eigenvalue weighted by Gasteiger charge is 2.50. The van der Waals surface area contributed by atoms with Gasteiger partial charge in [-0.1, -0.05) is 25.1 Å². The molecule has 0 bridgehead atoms. The Morgan fingerprint density at radius 2 is 2.33 bits per heavy atom. The number of hydrogen-bond acceptors (Lipinski definition) is 4. The van der Waals surface area contributed by atoms with Gasteiger partial charge in [-0.2, -0.15) is 0 Å². The Kier molecular flexibility index (Phi) is 2.75. The van der Waals surface area contributed by atoms with Gasteiger partial charge in [0.15, 0.2) is 0 Å². The molecule has 0 aliphatic carbocycles. The largest absolute Gasteiger partial charge is 0.493 e. The lowest BCUT2D eigenvalue weighted by Gasteiger charge is -2.40. The minimum Gasteiger partial charge on any atom is -0.493 e. The molecule has 2 unspecified atom stereocenters. The van der Waals surface area contributed by atoms with Crippen molar-refractivity contribution in [1.82, 2.24) is 5.32 Å². The van der Waals surface area contributed by atoms with Crippen molar-refractivity contribution < 1.29 is 14.6 Å². The Balaban J connectivity index is 2.03. The lowest BCUT2D eigenvalue weighted by atomic mass is 9.90. The van der Waals surface area contributed by atoms with E-state index in [4.69, 9.17) is 9.84 Å². The molecule has 2 aliphatic heterocycles. The van der Waals surface area contributed by atoms with E-state index in [1.807, 2.05) is 24.3 Å². The summed E-state index contributed by atoms with van der Waals surface area (Å²) >= 11 is 1.68. The first-order chi connectivity index (χ1) is 8.63. The summed E-state index contributed by atoms with van der Waals surface area (Å²) < 4.78 is 5.72. The van der Waals surface area contributed by atoms with Crippen LogP contribution in [0.15, 0.2) is 24.3 Å². The van der Waals surface area contributed by atoms with E-state index in [0.29, 0.717) is 12.4 Å². The molecule has 5 heteroatoms. The van der Waals surface area contributed by atoms with E-state index in [1.165, 1.54) is 0 Å². The SMILES string of the molecule is CC1COc2ccccc2C12N[C@H](C(=O)O)CS2. The van der Waals surface area contributed by atoms with E-state index in [9.17, 15) is 4.79 Å². The van der Waals surface area contributed by atoms with Crippen LogP contribution in [0.4, 0.5) is 0 Å². The van der Waals surface area contributed by atoms with E-state index in [0.717, 1.165) is 11.3 Å². The molecule has 2 N–H and O–H groups in total. The second-order valence-electron chi connectivity index (χ2n) is 4.79. The number of aliphatic carboxylic acids is 1. The lowest BCUT2D eigenvalue weighted by Crippen LogP contribution is -2.50. The first-order valence-electron chi connectivity index (χ1n) is 6.00. The van der Waals surface area contributed by atoms with Crippen molar-refractivity contribution in [2.24, 2.45) is 5.92 Å². The summed E-state index contributed by atoms with van der Waals surface area (Å²) in [6.45, 7) is 2.71. The van der Waals surface area contributed by atoms with Gasteiger partial charge in [0.05, 0.1) is 6.61 Å². The molecular formula is C13H15NO3S. The highest BCUT2D eigenvalue weighted by molar-refractivity contribution is 8.00. The molecule has 3 rings (SSSR count). The molecule has 1 aromatic rings. The number of carbonyl (C=O) groups is 1. The minimum absolute atomic E-state index is 0.238. The van der Waals surface area contributed by atoms with Gasteiger partial charge in [-0.25, -0.2) is 0 Å². The highest BCUT2D eigenvalue weighted by Crippen LogP contribution is 2.50. The Labute approximate surface area is 110 Å². The summed E-state index contributed by atoms with van der Waals surface area (Å²) in [7, 11) is 0. The monoisotopic (exact) mass is 265 g/mol. The highest BCUT2D eigenvalue weighted by atomic mass is 32.2. The molecule has 96 valence electrons. The molecule has 1 saturated heterocycles. The maximum Gasteiger partial charge on any atom is 0.321 e. The zero-order valence-electron chi connectivity index (χ0n) is 10.1. The molecular weight excluding hydrogens is 250 g/mol. The summed E-state index contributed by atoms with van der Waals surface area (Å²) in [4.78, 5) is 10.8. The Bertz CT molecular complexity index is 493. The van der Waals surface area contributed by atoms with Crippen LogP contribution in [0.3, 0.4) is 0 Å². The molecule has 18 heavy (non-hydrogen) atoms. The fourth-order valence-corrected chi connectivity index (χ4v) is 4.18. The molecule has 4 nitrogen and oxygen atoms in total. The second kappa shape index (κ2) is 4.17. The molecule has 3 atom stereocenters. The van der Waals surface area contributed by atoms with Crippen LogP contribution >= 0.6 is 11.8 Å². The van der Waals surface area contributed by atoms with Crippen molar-refractivity contribution in [3.63, 3.8) is 0 Å². The number of rotatable bonds is 1. The molecule has 0 amide bonds. The van der Waals surface area contributed by atoms with E-state index in [2.05, 4.69) is 12.2 Å². The molecule has 2 heterocycles. The summed E-state index contributed by atoms with van der Waals surface area (Å²) in [6.07, 6.45) is 0. The van der Waals surface area contributed by atoms with Gasteiger partial charge in [0, 0.05) is 17.2 Å². The number of fused-ring (bicyclic) bond motifs is 2. The molecule has 0 saturated carbocycles. The van der Waals surface area contributed by atoms with Gasteiger partial charge in [0.1, 0.15) is 16.7 Å². The van der Waals surface area contributed by atoms with Crippen molar-refractivity contribution in [2.45, 2.75) is 17.8 Å². The van der Waals surface area contributed by atoms with Gasteiger partial charge in [0.25, 0.3) is 0 Å². The minimum atomic E-state index is -0.782. The first kappa shape index (κ1) is 11.9. The van der Waals surface area contributed by atoms with Crippen molar-refractivity contribution in [2.75, 3.05) is 12.4 Å². The molecule has 1 spiro atoms. The maximum atomic E-state index is 11.1.